The van der Waals surface area contributed by atoms with Crippen LogP contribution in [0.4, 0.5) is 4.39 Å². The molecule has 1 amide bonds. The van der Waals surface area contributed by atoms with Crippen LogP contribution in [0.1, 0.15) is 28.4 Å². The summed E-state index contributed by atoms with van der Waals surface area (Å²) in [5, 5.41) is 19.4. The first-order valence-electron chi connectivity index (χ1n) is 5.12. The van der Waals surface area contributed by atoms with Gasteiger partial charge in [0.15, 0.2) is 0 Å². The molecule has 0 saturated carbocycles. The number of benzene rings is 1. The molecule has 0 saturated heterocycles. The maximum absolute atomic E-state index is 13.1. The van der Waals surface area contributed by atoms with Crippen LogP contribution >= 0.6 is 0 Å². The average molecular weight is 242 g/mol. The van der Waals surface area contributed by atoms with Crippen LogP contribution in [0.2, 0.25) is 0 Å². The number of amides is 1. The first-order chi connectivity index (χ1) is 7.97. The molecule has 0 bridgehead atoms. The Balaban J connectivity index is 3.10. The predicted molar refractivity (Wildman–Crippen MR) is 59.6 cm³/mol. The van der Waals surface area contributed by atoms with Crippen molar-refractivity contribution in [2.24, 2.45) is 11.5 Å². The van der Waals surface area contributed by atoms with Gasteiger partial charge >= 0.3 is 0 Å². The summed E-state index contributed by atoms with van der Waals surface area (Å²) in [6.07, 6.45) is -2.42. The van der Waals surface area contributed by atoms with Crippen molar-refractivity contribution in [3.8, 4) is 0 Å². The number of nitrogens with two attached hydrogens (primary N) is 2. The Hall–Kier alpha value is -1.50. The average Bonchev–Trinajstić information content (AvgIpc) is 2.27. The minimum Gasteiger partial charge on any atom is -0.390 e. The Morgan fingerprint density at radius 1 is 1.41 bits per heavy atom. The van der Waals surface area contributed by atoms with Gasteiger partial charge in [0.05, 0.1) is 6.10 Å². The van der Waals surface area contributed by atoms with Crippen molar-refractivity contribution in [3.05, 3.63) is 35.1 Å². The largest absolute Gasteiger partial charge is 0.390 e. The summed E-state index contributed by atoms with van der Waals surface area (Å²) in [6.45, 7) is 0.166. The lowest BCUT2D eigenvalue weighted by Gasteiger charge is -2.19. The van der Waals surface area contributed by atoms with E-state index in [2.05, 4.69) is 0 Å². The van der Waals surface area contributed by atoms with E-state index in [4.69, 9.17) is 11.5 Å². The number of hydrogen-bond acceptors (Lipinski definition) is 4. The van der Waals surface area contributed by atoms with Crippen LogP contribution < -0.4 is 11.5 Å². The summed E-state index contributed by atoms with van der Waals surface area (Å²) in [5.74, 6) is -1.41. The second-order valence-electron chi connectivity index (χ2n) is 3.69. The van der Waals surface area contributed by atoms with E-state index in [9.17, 15) is 19.4 Å². The lowest BCUT2D eigenvalue weighted by Crippen LogP contribution is -2.25. The quantitative estimate of drug-likeness (QED) is 0.566. The van der Waals surface area contributed by atoms with E-state index in [1.807, 2.05) is 0 Å². The van der Waals surface area contributed by atoms with Gasteiger partial charge in [0.25, 0.3) is 0 Å². The minimum absolute atomic E-state index is 0.0185. The second-order valence-corrected chi connectivity index (χ2v) is 3.69. The number of hydrogen-bond donors (Lipinski definition) is 4. The van der Waals surface area contributed by atoms with Crippen LogP contribution in [0.15, 0.2) is 18.2 Å². The highest BCUT2D eigenvalue weighted by Crippen LogP contribution is 2.23. The first kappa shape index (κ1) is 13.6. The molecule has 0 aromatic heterocycles. The molecule has 0 radical (unpaired) electrons. The SMILES string of the molecule is NCCC(O)C(O)c1cc(F)ccc1C(N)=O. The Labute approximate surface area is 97.9 Å². The number of carbonyl (C=O) groups excluding carboxylic acids is 1. The molecule has 1 rings (SSSR count). The summed E-state index contributed by atoms with van der Waals surface area (Å²) in [6, 6.07) is 3.21. The van der Waals surface area contributed by atoms with Crippen molar-refractivity contribution in [3.63, 3.8) is 0 Å². The fourth-order valence-electron chi connectivity index (χ4n) is 1.54. The van der Waals surface area contributed by atoms with Gasteiger partial charge in [-0.2, -0.15) is 0 Å². The molecule has 0 heterocycles. The molecule has 1 aromatic carbocycles. The van der Waals surface area contributed by atoms with Crippen molar-refractivity contribution >= 4 is 5.91 Å². The number of halogens is 1. The molecule has 0 aliphatic rings. The third-order valence-corrected chi connectivity index (χ3v) is 2.42. The molecule has 17 heavy (non-hydrogen) atoms. The highest BCUT2D eigenvalue weighted by Gasteiger charge is 2.22. The Kier molecular flexibility index (Phi) is 4.56. The van der Waals surface area contributed by atoms with Gasteiger partial charge in [-0.3, -0.25) is 4.79 Å². The second kappa shape index (κ2) is 5.72. The molecule has 0 aliphatic heterocycles. The standard InChI is InChI=1S/C11H15FN2O3/c12-6-1-2-7(11(14)17)8(5-6)10(16)9(15)3-4-13/h1-2,5,9-10,15-16H,3-4,13H2,(H2,14,17). The molecule has 0 fully saturated rings. The number of rotatable bonds is 5. The highest BCUT2D eigenvalue weighted by molar-refractivity contribution is 5.94. The molecule has 5 nitrogen and oxygen atoms in total. The van der Waals surface area contributed by atoms with Crippen molar-refractivity contribution in [1.29, 1.82) is 0 Å². The van der Waals surface area contributed by atoms with Crippen LogP contribution in [-0.2, 0) is 0 Å². The lowest BCUT2D eigenvalue weighted by atomic mass is 9.96. The van der Waals surface area contributed by atoms with E-state index < -0.39 is 23.9 Å². The molecule has 94 valence electrons. The summed E-state index contributed by atoms with van der Waals surface area (Å²) in [7, 11) is 0. The zero-order chi connectivity index (χ0) is 13.0. The zero-order valence-electron chi connectivity index (χ0n) is 9.14. The van der Waals surface area contributed by atoms with Crippen molar-refractivity contribution < 1.29 is 19.4 Å². The molecule has 1 aromatic rings. The number of carbonyl (C=O) groups is 1. The van der Waals surface area contributed by atoms with Gasteiger partial charge in [-0.15, -0.1) is 0 Å². The summed E-state index contributed by atoms with van der Waals surface area (Å²) < 4.78 is 13.1. The first-order valence-corrected chi connectivity index (χ1v) is 5.12. The molecule has 0 aliphatic carbocycles. The van der Waals surface area contributed by atoms with Gasteiger partial charge in [-0.25, -0.2) is 4.39 Å². The summed E-state index contributed by atoms with van der Waals surface area (Å²) in [4.78, 5) is 11.1. The fraction of sp³-hybridized carbons (Fsp3) is 0.364. The van der Waals surface area contributed by atoms with Crippen LogP contribution in [0.3, 0.4) is 0 Å². The molecule has 2 atom stereocenters. The van der Waals surface area contributed by atoms with Gasteiger partial charge in [0.2, 0.25) is 5.91 Å². The van der Waals surface area contributed by atoms with E-state index in [0.29, 0.717) is 0 Å². The van der Waals surface area contributed by atoms with Crippen LogP contribution in [0.5, 0.6) is 0 Å². The topological polar surface area (TPSA) is 110 Å². The van der Waals surface area contributed by atoms with E-state index >= 15 is 0 Å². The van der Waals surface area contributed by atoms with Gasteiger partial charge < -0.3 is 21.7 Å². The number of aliphatic hydroxyl groups is 2. The van der Waals surface area contributed by atoms with Crippen LogP contribution in [0, 0.1) is 5.82 Å². The van der Waals surface area contributed by atoms with Crippen molar-refractivity contribution in [2.75, 3.05) is 6.54 Å². The molecular formula is C11H15FN2O3. The van der Waals surface area contributed by atoms with Gasteiger partial charge in [-0.05, 0) is 36.7 Å². The zero-order valence-corrected chi connectivity index (χ0v) is 9.14. The molecule has 2 unspecified atom stereocenters. The monoisotopic (exact) mass is 242 g/mol. The predicted octanol–water partition coefficient (Wildman–Crippen LogP) is -0.332. The Morgan fingerprint density at radius 3 is 2.59 bits per heavy atom. The van der Waals surface area contributed by atoms with Crippen molar-refractivity contribution in [1.82, 2.24) is 0 Å². The maximum atomic E-state index is 13.1. The maximum Gasteiger partial charge on any atom is 0.249 e. The molecule has 0 spiro atoms. The molecular weight excluding hydrogens is 227 g/mol. The highest BCUT2D eigenvalue weighted by atomic mass is 19.1. The summed E-state index contributed by atoms with van der Waals surface area (Å²) in [5.41, 5.74) is 10.3. The fourth-order valence-corrected chi connectivity index (χ4v) is 1.54. The van der Waals surface area contributed by atoms with Crippen LogP contribution in [0.25, 0.3) is 0 Å². The smallest absolute Gasteiger partial charge is 0.249 e. The Bertz CT molecular complexity index is 412. The van der Waals surface area contributed by atoms with Gasteiger partial charge in [0.1, 0.15) is 11.9 Å². The van der Waals surface area contributed by atoms with E-state index in [1.54, 1.807) is 0 Å². The molecule has 6 N–H and O–H groups in total. The normalized spacial score (nSPS) is 14.4. The van der Waals surface area contributed by atoms with E-state index in [0.717, 1.165) is 12.1 Å². The van der Waals surface area contributed by atoms with E-state index in [1.165, 1.54) is 6.07 Å². The van der Waals surface area contributed by atoms with E-state index in [-0.39, 0.29) is 24.1 Å². The Morgan fingerprint density at radius 2 is 2.06 bits per heavy atom. The van der Waals surface area contributed by atoms with Gasteiger partial charge in [-0.1, -0.05) is 0 Å². The summed E-state index contributed by atoms with van der Waals surface area (Å²) >= 11 is 0. The third kappa shape index (κ3) is 3.23. The third-order valence-electron chi connectivity index (χ3n) is 2.42. The van der Waals surface area contributed by atoms with Gasteiger partial charge in [0, 0.05) is 5.56 Å². The number of aliphatic hydroxyl groups excluding tert-OH is 2. The molecule has 6 heteroatoms. The van der Waals surface area contributed by atoms with Crippen LogP contribution in [-0.4, -0.2) is 28.8 Å². The number of primary amides is 1. The minimum atomic E-state index is -1.39. The lowest BCUT2D eigenvalue weighted by molar-refractivity contribution is 0.0144. The van der Waals surface area contributed by atoms with Crippen molar-refractivity contribution in [2.45, 2.75) is 18.6 Å².